The van der Waals surface area contributed by atoms with E-state index in [-0.39, 0.29) is 27.1 Å². The van der Waals surface area contributed by atoms with Gasteiger partial charge in [-0.1, -0.05) is 54.6 Å². The molecular formula is C30H31N3O6S2. The van der Waals surface area contributed by atoms with Gasteiger partial charge in [0.05, 0.1) is 19.2 Å². The Morgan fingerprint density at radius 1 is 1.05 bits per heavy atom. The average molecular weight is 594 g/mol. The molecule has 0 radical (unpaired) electrons. The minimum Gasteiger partial charge on any atom is -0.465 e. The minimum atomic E-state index is -4.26. The number of amides is 1. The third-order valence-electron chi connectivity index (χ3n) is 7.02. The van der Waals surface area contributed by atoms with Gasteiger partial charge in [0.25, 0.3) is 10.0 Å². The SMILES string of the molecule is COC(=O)c1ccccc1S(=O)(=O)N=c1sc(CCNC(=O)C2CCOCC2)cn1Cc1cccc2ccccc12. The zero-order chi connectivity index (χ0) is 28.8. The zero-order valence-electron chi connectivity index (χ0n) is 22.6. The van der Waals surface area contributed by atoms with E-state index in [1.165, 1.54) is 30.6 Å². The van der Waals surface area contributed by atoms with Crippen molar-refractivity contribution in [3.05, 3.63) is 93.7 Å². The number of carbonyl (C=O) groups is 2. The summed E-state index contributed by atoms with van der Waals surface area (Å²) in [5.74, 6) is -0.787. The number of fused-ring (bicyclic) bond motifs is 1. The topological polar surface area (TPSA) is 116 Å². The van der Waals surface area contributed by atoms with Gasteiger partial charge >= 0.3 is 5.97 Å². The predicted molar refractivity (Wildman–Crippen MR) is 156 cm³/mol. The molecule has 11 heteroatoms. The summed E-state index contributed by atoms with van der Waals surface area (Å²) in [6.07, 6.45) is 3.82. The molecule has 1 amide bonds. The van der Waals surface area contributed by atoms with Gasteiger partial charge in [0.15, 0.2) is 0 Å². The van der Waals surface area contributed by atoms with E-state index in [4.69, 9.17) is 9.47 Å². The van der Waals surface area contributed by atoms with Crippen LogP contribution in [0.5, 0.6) is 0 Å². The molecule has 1 N–H and O–H groups in total. The highest BCUT2D eigenvalue weighted by Gasteiger charge is 2.23. The van der Waals surface area contributed by atoms with Crippen molar-refractivity contribution in [2.75, 3.05) is 26.9 Å². The number of aromatic nitrogens is 1. The van der Waals surface area contributed by atoms with Crippen molar-refractivity contribution >= 4 is 44.0 Å². The first-order valence-corrected chi connectivity index (χ1v) is 15.6. The lowest BCUT2D eigenvalue weighted by molar-refractivity contribution is -0.127. The summed E-state index contributed by atoms with van der Waals surface area (Å²) in [7, 11) is -3.06. The quantitative estimate of drug-likeness (QED) is 0.294. The van der Waals surface area contributed by atoms with Gasteiger partial charge in [-0.15, -0.1) is 15.7 Å². The van der Waals surface area contributed by atoms with Crippen LogP contribution in [0.15, 0.2) is 82.2 Å². The van der Waals surface area contributed by atoms with E-state index in [1.54, 1.807) is 16.7 Å². The molecule has 3 aromatic carbocycles. The van der Waals surface area contributed by atoms with Crippen LogP contribution < -0.4 is 10.1 Å². The summed E-state index contributed by atoms with van der Waals surface area (Å²) in [4.78, 5) is 25.8. The van der Waals surface area contributed by atoms with Crippen LogP contribution in [-0.4, -0.2) is 51.7 Å². The molecule has 4 aromatic rings. The van der Waals surface area contributed by atoms with Crippen LogP contribution in [-0.2, 0) is 37.3 Å². The van der Waals surface area contributed by atoms with Crippen LogP contribution in [0, 0.1) is 5.92 Å². The highest BCUT2D eigenvalue weighted by Crippen LogP contribution is 2.22. The Hall–Kier alpha value is -3.80. The average Bonchev–Trinajstić information content (AvgIpc) is 3.37. The third-order valence-corrected chi connectivity index (χ3v) is 9.54. The molecule has 1 aromatic heterocycles. The Bertz CT molecular complexity index is 1730. The maximum absolute atomic E-state index is 13.5. The lowest BCUT2D eigenvalue weighted by atomic mass is 9.99. The number of ether oxygens (including phenoxy) is 2. The Morgan fingerprint density at radius 2 is 1.78 bits per heavy atom. The van der Waals surface area contributed by atoms with Crippen LogP contribution in [0.25, 0.3) is 10.8 Å². The number of methoxy groups -OCH3 is 1. The molecule has 1 aliphatic rings. The molecule has 214 valence electrons. The first-order valence-electron chi connectivity index (χ1n) is 13.4. The van der Waals surface area contributed by atoms with Gasteiger partial charge < -0.3 is 19.4 Å². The molecule has 1 fully saturated rings. The summed E-state index contributed by atoms with van der Waals surface area (Å²) in [5, 5.41) is 5.14. The van der Waals surface area contributed by atoms with Crippen molar-refractivity contribution in [2.45, 2.75) is 30.7 Å². The number of thiazole rings is 1. The Balaban J connectivity index is 1.48. The lowest BCUT2D eigenvalue weighted by Gasteiger charge is -2.21. The van der Waals surface area contributed by atoms with Crippen molar-refractivity contribution in [2.24, 2.45) is 10.3 Å². The van der Waals surface area contributed by atoms with Crippen molar-refractivity contribution in [1.29, 1.82) is 0 Å². The lowest BCUT2D eigenvalue weighted by Crippen LogP contribution is -2.35. The van der Waals surface area contributed by atoms with Gasteiger partial charge in [0.2, 0.25) is 10.7 Å². The van der Waals surface area contributed by atoms with Gasteiger partial charge in [-0.3, -0.25) is 4.79 Å². The summed E-state index contributed by atoms with van der Waals surface area (Å²) in [6, 6.07) is 19.9. The summed E-state index contributed by atoms with van der Waals surface area (Å²) in [5.41, 5.74) is 0.932. The molecule has 0 saturated carbocycles. The number of hydrogen-bond acceptors (Lipinski definition) is 7. The minimum absolute atomic E-state index is 0.0143. The van der Waals surface area contributed by atoms with Crippen LogP contribution in [0.1, 0.15) is 33.6 Å². The van der Waals surface area contributed by atoms with Crippen molar-refractivity contribution < 1.29 is 27.5 Å². The fraction of sp³-hybridized carbons (Fsp3) is 0.300. The number of esters is 1. The smallest absolute Gasteiger partial charge is 0.339 e. The van der Waals surface area contributed by atoms with E-state index in [0.29, 0.717) is 45.6 Å². The first-order chi connectivity index (χ1) is 19.9. The van der Waals surface area contributed by atoms with E-state index in [9.17, 15) is 18.0 Å². The van der Waals surface area contributed by atoms with E-state index in [2.05, 4.69) is 9.71 Å². The highest BCUT2D eigenvalue weighted by molar-refractivity contribution is 7.90. The molecule has 0 unspecified atom stereocenters. The monoisotopic (exact) mass is 593 g/mol. The molecule has 5 rings (SSSR count). The number of sulfonamides is 1. The fourth-order valence-electron chi connectivity index (χ4n) is 4.88. The molecule has 1 aliphatic heterocycles. The molecule has 9 nitrogen and oxygen atoms in total. The second-order valence-electron chi connectivity index (χ2n) is 9.73. The van der Waals surface area contributed by atoms with Gasteiger partial charge in [-0.2, -0.15) is 8.42 Å². The number of nitrogens with zero attached hydrogens (tertiary/aromatic N) is 2. The summed E-state index contributed by atoms with van der Waals surface area (Å²) in [6.45, 7) is 1.99. The van der Waals surface area contributed by atoms with Crippen LogP contribution in [0.4, 0.5) is 0 Å². The largest absolute Gasteiger partial charge is 0.465 e. The molecule has 0 bridgehead atoms. The van der Waals surface area contributed by atoms with Crippen molar-refractivity contribution in [1.82, 2.24) is 9.88 Å². The Labute approximate surface area is 242 Å². The van der Waals surface area contributed by atoms with Gasteiger partial charge in [0.1, 0.15) is 4.90 Å². The van der Waals surface area contributed by atoms with E-state index in [0.717, 1.165) is 21.2 Å². The molecule has 41 heavy (non-hydrogen) atoms. The summed E-state index contributed by atoms with van der Waals surface area (Å²) < 4.78 is 43.1. The van der Waals surface area contributed by atoms with Crippen LogP contribution in [0.3, 0.4) is 0 Å². The van der Waals surface area contributed by atoms with Gasteiger partial charge in [-0.25, -0.2) is 4.79 Å². The van der Waals surface area contributed by atoms with E-state index in [1.807, 2.05) is 48.7 Å². The number of hydrogen-bond donors (Lipinski definition) is 1. The fourth-order valence-corrected chi connectivity index (χ4v) is 7.27. The Morgan fingerprint density at radius 3 is 2.59 bits per heavy atom. The number of carbonyl (C=O) groups excluding carboxylic acids is 2. The standard InChI is InChI=1S/C30H31N3O6S2/c1-38-29(35)26-11-4-5-12-27(26)41(36,37)32-30-33(19-23-9-6-8-21-7-2-3-10-25(21)23)20-24(40-30)13-16-31-28(34)22-14-17-39-18-15-22/h2-12,20,22H,13-19H2,1H3,(H,31,34). The van der Waals surface area contributed by atoms with Crippen molar-refractivity contribution in [3.8, 4) is 0 Å². The number of rotatable bonds is 9. The molecule has 1 saturated heterocycles. The molecule has 2 heterocycles. The second kappa shape index (κ2) is 12.8. The van der Waals surface area contributed by atoms with E-state index < -0.39 is 16.0 Å². The third kappa shape index (κ3) is 6.75. The number of benzene rings is 3. The van der Waals surface area contributed by atoms with Crippen molar-refractivity contribution in [3.63, 3.8) is 0 Å². The van der Waals surface area contributed by atoms with E-state index >= 15 is 0 Å². The van der Waals surface area contributed by atoms with Gasteiger partial charge in [-0.05, 0) is 41.3 Å². The normalized spacial score (nSPS) is 14.7. The maximum Gasteiger partial charge on any atom is 0.339 e. The zero-order valence-corrected chi connectivity index (χ0v) is 24.2. The second-order valence-corrected chi connectivity index (χ2v) is 12.4. The summed E-state index contributed by atoms with van der Waals surface area (Å²) >= 11 is 1.24. The predicted octanol–water partition coefficient (Wildman–Crippen LogP) is 3.91. The molecule has 0 atom stereocenters. The van der Waals surface area contributed by atoms with Gasteiger partial charge in [0, 0.05) is 43.2 Å². The van der Waals surface area contributed by atoms with Crippen LogP contribution >= 0.6 is 11.3 Å². The molecule has 0 aliphatic carbocycles. The van der Waals surface area contributed by atoms with Crippen LogP contribution in [0.2, 0.25) is 0 Å². The Kier molecular flexibility index (Phi) is 8.96. The highest BCUT2D eigenvalue weighted by atomic mass is 32.2. The maximum atomic E-state index is 13.5. The number of nitrogens with one attached hydrogen (secondary N) is 1. The molecular weight excluding hydrogens is 562 g/mol. The molecule has 0 spiro atoms. The first kappa shape index (κ1) is 28.7.